The molecule has 0 amide bonds. The van der Waals surface area contributed by atoms with Crippen LogP contribution in [0.25, 0.3) is 12.2 Å². The molecule has 0 aliphatic heterocycles. The Morgan fingerprint density at radius 1 is 0.792 bits per heavy atom. The molecule has 1 aliphatic rings. The monoisotopic (exact) mass is 320 g/mol. The number of aryl methyl sites for hydroxylation is 2. The Kier molecular flexibility index (Phi) is 4.26. The highest BCUT2D eigenvalue weighted by Crippen LogP contribution is 2.30. The molecule has 2 aromatic rings. The van der Waals surface area contributed by atoms with Gasteiger partial charge >= 0.3 is 0 Å². The van der Waals surface area contributed by atoms with Gasteiger partial charge in [0.15, 0.2) is 5.78 Å². The predicted octanol–water partition coefficient (Wildman–Crippen LogP) is 4.54. The molecule has 3 nitrogen and oxygen atoms in total. The van der Waals surface area contributed by atoms with Gasteiger partial charge in [-0.2, -0.15) is 0 Å². The molecule has 0 unspecified atom stereocenters. The highest BCUT2D eigenvalue weighted by atomic mass is 16.3. The van der Waals surface area contributed by atoms with E-state index in [-0.39, 0.29) is 17.3 Å². The smallest absolute Gasteiger partial charge is 0.185 e. The Morgan fingerprint density at radius 2 is 1.21 bits per heavy atom. The number of hydrogen-bond acceptors (Lipinski definition) is 3. The maximum atomic E-state index is 12.6. The normalized spacial score (nSPS) is 17.8. The summed E-state index contributed by atoms with van der Waals surface area (Å²) in [5.41, 5.74) is 5.03. The summed E-state index contributed by atoms with van der Waals surface area (Å²) in [4.78, 5) is 12.6. The van der Waals surface area contributed by atoms with Gasteiger partial charge in [0.05, 0.1) is 0 Å². The summed E-state index contributed by atoms with van der Waals surface area (Å²) >= 11 is 0. The molecule has 0 saturated heterocycles. The maximum absolute atomic E-state index is 12.6. The quantitative estimate of drug-likeness (QED) is 0.798. The molecule has 2 aromatic carbocycles. The van der Waals surface area contributed by atoms with Gasteiger partial charge < -0.3 is 10.2 Å². The van der Waals surface area contributed by atoms with Gasteiger partial charge in [0.2, 0.25) is 0 Å². The van der Waals surface area contributed by atoms with Gasteiger partial charge in [0, 0.05) is 11.1 Å². The van der Waals surface area contributed by atoms with E-state index in [9.17, 15) is 15.0 Å². The van der Waals surface area contributed by atoms with Crippen molar-refractivity contribution < 1.29 is 15.0 Å². The molecule has 3 heteroatoms. The molecule has 0 aromatic heterocycles. The fourth-order valence-corrected chi connectivity index (χ4v) is 2.92. The zero-order valence-corrected chi connectivity index (χ0v) is 13.8. The van der Waals surface area contributed by atoms with Crippen LogP contribution in [-0.2, 0) is 4.79 Å². The van der Waals surface area contributed by atoms with Crippen molar-refractivity contribution in [3.05, 3.63) is 69.8 Å². The molecule has 1 aliphatic carbocycles. The van der Waals surface area contributed by atoms with E-state index in [1.165, 1.54) is 0 Å². The first-order valence-corrected chi connectivity index (χ1v) is 7.99. The summed E-state index contributed by atoms with van der Waals surface area (Å²) in [5, 5.41) is 19.2. The molecule has 24 heavy (non-hydrogen) atoms. The molecule has 2 N–H and O–H groups in total. The molecule has 0 bridgehead atoms. The molecular formula is C21H20O3. The van der Waals surface area contributed by atoms with E-state index in [4.69, 9.17) is 0 Å². The Morgan fingerprint density at radius 3 is 1.58 bits per heavy atom. The van der Waals surface area contributed by atoms with Crippen LogP contribution >= 0.6 is 0 Å². The zero-order chi connectivity index (χ0) is 17.3. The first kappa shape index (κ1) is 16.1. The van der Waals surface area contributed by atoms with Gasteiger partial charge in [0.1, 0.15) is 11.5 Å². The summed E-state index contributed by atoms with van der Waals surface area (Å²) in [7, 11) is 0. The number of ketones is 1. The van der Waals surface area contributed by atoms with E-state index < -0.39 is 0 Å². The number of aromatic hydroxyl groups is 2. The van der Waals surface area contributed by atoms with Crippen LogP contribution in [0.2, 0.25) is 0 Å². The minimum atomic E-state index is 0.0754. The van der Waals surface area contributed by atoms with Crippen molar-refractivity contribution >= 4 is 17.9 Å². The second-order valence-electron chi connectivity index (χ2n) is 6.26. The van der Waals surface area contributed by atoms with Crippen molar-refractivity contribution in [2.75, 3.05) is 0 Å². The molecule has 0 atom stereocenters. The Bertz CT molecular complexity index is 801. The van der Waals surface area contributed by atoms with Crippen LogP contribution in [0.5, 0.6) is 11.5 Å². The number of hydrogen-bond donors (Lipinski definition) is 2. The first-order chi connectivity index (χ1) is 11.4. The van der Waals surface area contributed by atoms with Gasteiger partial charge in [-0.05, 0) is 85.4 Å². The molecule has 122 valence electrons. The lowest BCUT2D eigenvalue weighted by Gasteiger charge is -2.02. The van der Waals surface area contributed by atoms with E-state index in [1.807, 2.05) is 50.3 Å². The average molecular weight is 320 g/mol. The van der Waals surface area contributed by atoms with Gasteiger partial charge in [-0.1, -0.05) is 12.1 Å². The van der Waals surface area contributed by atoms with E-state index >= 15 is 0 Å². The van der Waals surface area contributed by atoms with Crippen LogP contribution in [0.1, 0.15) is 35.1 Å². The molecule has 0 spiro atoms. The summed E-state index contributed by atoms with van der Waals surface area (Å²) in [5.74, 6) is 0.600. The lowest BCUT2D eigenvalue weighted by Crippen LogP contribution is -1.95. The van der Waals surface area contributed by atoms with Crippen LogP contribution in [0.4, 0.5) is 0 Å². The second kappa shape index (κ2) is 6.36. The van der Waals surface area contributed by atoms with Gasteiger partial charge in [-0.25, -0.2) is 0 Å². The predicted molar refractivity (Wildman–Crippen MR) is 95.9 cm³/mol. The number of allylic oxidation sites excluding steroid dienone is 2. The fourth-order valence-electron chi connectivity index (χ4n) is 2.92. The van der Waals surface area contributed by atoms with Crippen LogP contribution in [0.3, 0.4) is 0 Å². The van der Waals surface area contributed by atoms with E-state index in [0.717, 1.165) is 46.2 Å². The number of phenolic OH excluding ortho intramolecular Hbond substituents is 2. The van der Waals surface area contributed by atoms with Crippen molar-refractivity contribution in [3.8, 4) is 11.5 Å². The first-order valence-electron chi connectivity index (χ1n) is 7.99. The van der Waals surface area contributed by atoms with E-state index in [2.05, 4.69) is 0 Å². The molecule has 1 fully saturated rings. The number of phenols is 2. The van der Waals surface area contributed by atoms with Crippen molar-refractivity contribution in [1.29, 1.82) is 0 Å². The van der Waals surface area contributed by atoms with E-state index in [1.54, 1.807) is 12.1 Å². The standard InChI is InChI=1S/C21H20O3/c1-13-9-15(3-7-19(13)22)11-17-5-6-18(21(17)24)12-16-4-8-20(23)14(2)10-16/h3-4,7-12,22-23H,5-6H2,1-2H3/b17-11+,18-12+. The molecule has 3 rings (SSSR count). The van der Waals surface area contributed by atoms with E-state index in [0.29, 0.717) is 0 Å². The molecular weight excluding hydrogens is 300 g/mol. The topological polar surface area (TPSA) is 57.5 Å². The summed E-state index contributed by atoms with van der Waals surface area (Å²) in [6.07, 6.45) is 5.25. The van der Waals surface area contributed by atoms with Crippen LogP contribution in [0, 0.1) is 13.8 Å². The highest BCUT2D eigenvalue weighted by molar-refractivity contribution is 6.15. The van der Waals surface area contributed by atoms with Crippen LogP contribution in [-0.4, -0.2) is 16.0 Å². The largest absolute Gasteiger partial charge is 0.508 e. The summed E-state index contributed by atoms with van der Waals surface area (Å²) < 4.78 is 0. The Labute approximate surface area is 141 Å². The van der Waals surface area contributed by atoms with Crippen LogP contribution < -0.4 is 0 Å². The third kappa shape index (κ3) is 3.25. The molecule has 0 heterocycles. The fraction of sp³-hybridized carbons (Fsp3) is 0.190. The molecule has 1 saturated carbocycles. The summed E-state index contributed by atoms with van der Waals surface area (Å²) in [6, 6.07) is 10.7. The summed E-state index contributed by atoms with van der Waals surface area (Å²) in [6.45, 7) is 3.68. The number of benzene rings is 2. The number of carbonyl (C=O) groups is 1. The van der Waals surface area contributed by atoms with Crippen molar-refractivity contribution in [3.63, 3.8) is 0 Å². The number of carbonyl (C=O) groups excluding carboxylic acids is 1. The van der Waals surface area contributed by atoms with Crippen LogP contribution in [0.15, 0.2) is 47.5 Å². The number of rotatable bonds is 2. The van der Waals surface area contributed by atoms with Crippen molar-refractivity contribution in [2.24, 2.45) is 0 Å². The average Bonchev–Trinajstić information content (AvgIpc) is 2.88. The minimum Gasteiger partial charge on any atom is -0.508 e. The van der Waals surface area contributed by atoms with Crippen molar-refractivity contribution in [2.45, 2.75) is 26.7 Å². The van der Waals surface area contributed by atoms with Gasteiger partial charge in [-0.15, -0.1) is 0 Å². The minimum absolute atomic E-state index is 0.0754. The Balaban J connectivity index is 1.86. The third-order valence-electron chi connectivity index (χ3n) is 4.37. The lowest BCUT2D eigenvalue weighted by molar-refractivity contribution is -0.111. The number of Topliss-reactive ketones (excluding diaryl/α,β-unsaturated/α-hetero) is 1. The third-order valence-corrected chi connectivity index (χ3v) is 4.37. The van der Waals surface area contributed by atoms with Gasteiger partial charge in [-0.3, -0.25) is 4.79 Å². The zero-order valence-electron chi connectivity index (χ0n) is 13.8. The maximum Gasteiger partial charge on any atom is 0.185 e. The lowest BCUT2D eigenvalue weighted by atomic mass is 10.0. The van der Waals surface area contributed by atoms with Crippen molar-refractivity contribution in [1.82, 2.24) is 0 Å². The SMILES string of the molecule is Cc1cc(/C=C2\CC/C(=C\c3ccc(O)c(C)c3)C2=O)ccc1O. The van der Waals surface area contributed by atoms with Gasteiger partial charge in [0.25, 0.3) is 0 Å². The highest BCUT2D eigenvalue weighted by Gasteiger charge is 2.23. The Hall–Kier alpha value is -2.81. The second-order valence-corrected chi connectivity index (χ2v) is 6.26. The molecule has 0 radical (unpaired) electrons.